The molecular weight excluding hydrogens is 362 g/mol. The molecule has 0 N–H and O–H groups in total. The van der Waals surface area contributed by atoms with Gasteiger partial charge in [-0.3, -0.25) is 19.3 Å². The van der Waals surface area contributed by atoms with E-state index in [9.17, 15) is 19.2 Å². The minimum Gasteiger partial charge on any atom is -0.497 e. The van der Waals surface area contributed by atoms with Gasteiger partial charge in [-0.25, -0.2) is 4.79 Å². The van der Waals surface area contributed by atoms with E-state index in [-0.39, 0.29) is 41.3 Å². The SMILES string of the molecule is COc1ccc(C(=O)COC(=O)[C@@H](C)N2C(=O)[C@@H]3[C@H]4CC[C@@H](C4)[C@@H]3C2=O)cc1. The first-order valence-electron chi connectivity index (χ1n) is 9.63. The second-order valence-electron chi connectivity index (χ2n) is 7.87. The van der Waals surface area contributed by atoms with E-state index in [1.54, 1.807) is 24.3 Å². The fourth-order valence-corrected chi connectivity index (χ4v) is 5.04. The Labute approximate surface area is 163 Å². The number of Topliss-reactive ketones (excluding diaryl/α,β-unsaturated/α-hetero) is 1. The standard InChI is InChI=1S/C21H23NO6/c1-11(21(26)28-10-16(23)12-5-7-15(27-2)8-6-12)22-19(24)17-13-3-4-14(9-13)18(17)20(22)25/h5-8,11,13-14,17-18H,3-4,9-10H2,1-2H3/t11-,13+,14+,17-,18+/m1/s1. The van der Waals surface area contributed by atoms with E-state index >= 15 is 0 Å². The smallest absolute Gasteiger partial charge is 0.329 e. The summed E-state index contributed by atoms with van der Waals surface area (Å²) in [6.07, 6.45) is 2.90. The molecule has 3 aliphatic rings. The van der Waals surface area contributed by atoms with Crippen LogP contribution in [0.25, 0.3) is 0 Å². The topological polar surface area (TPSA) is 90.0 Å². The maximum Gasteiger partial charge on any atom is 0.329 e. The molecule has 2 saturated carbocycles. The summed E-state index contributed by atoms with van der Waals surface area (Å²) in [6.45, 7) is 1.04. The summed E-state index contributed by atoms with van der Waals surface area (Å²) in [4.78, 5) is 51.2. The highest BCUT2D eigenvalue weighted by Gasteiger charge is 2.62. The molecule has 1 aromatic carbocycles. The Morgan fingerprint density at radius 2 is 1.64 bits per heavy atom. The van der Waals surface area contributed by atoms with Gasteiger partial charge >= 0.3 is 5.97 Å². The number of hydrogen-bond acceptors (Lipinski definition) is 6. The number of methoxy groups -OCH3 is 1. The Morgan fingerprint density at radius 3 is 2.18 bits per heavy atom. The Balaban J connectivity index is 1.37. The van der Waals surface area contributed by atoms with Gasteiger partial charge in [-0.15, -0.1) is 0 Å². The summed E-state index contributed by atoms with van der Waals surface area (Å²) in [5.41, 5.74) is 0.390. The van der Waals surface area contributed by atoms with Gasteiger partial charge in [0.25, 0.3) is 0 Å². The van der Waals surface area contributed by atoms with Crippen molar-refractivity contribution in [1.82, 2.24) is 4.90 Å². The van der Waals surface area contributed by atoms with Crippen LogP contribution in [0.5, 0.6) is 5.75 Å². The molecule has 4 rings (SSSR count). The molecule has 5 atom stereocenters. The molecule has 0 unspecified atom stereocenters. The fraction of sp³-hybridized carbons (Fsp3) is 0.524. The van der Waals surface area contributed by atoms with Crippen LogP contribution in [0, 0.1) is 23.7 Å². The lowest BCUT2D eigenvalue weighted by atomic mass is 9.81. The van der Waals surface area contributed by atoms with Crippen molar-refractivity contribution in [3.63, 3.8) is 0 Å². The average Bonchev–Trinajstić information content (AvgIpc) is 3.39. The van der Waals surface area contributed by atoms with Gasteiger partial charge in [0.15, 0.2) is 12.4 Å². The third-order valence-electron chi connectivity index (χ3n) is 6.45. The first-order valence-corrected chi connectivity index (χ1v) is 9.63. The van der Waals surface area contributed by atoms with Crippen LogP contribution < -0.4 is 4.74 Å². The fourth-order valence-electron chi connectivity index (χ4n) is 5.04. The molecule has 0 radical (unpaired) electrons. The first-order chi connectivity index (χ1) is 13.4. The summed E-state index contributed by atoms with van der Waals surface area (Å²) in [5.74, 6) is -1.03. The van der Waals surface area contributed by atoms with Gasteiger partial charge in [0, 0.05) is 5.56 Å². The predicted octanol–water partition coefficient (Wildman–Crippen LogP) is 1.84. The Kier molecular flexibility index (Phi) is 4.69. The summed E-state index contributed by atoms with van der Waals surface area (Å²) in [6, 6.07) is 5.44. The van der Waals surface area contributed by atoms with Crippen LogP contribution in [0.4, 0.5) is 0 Å². The molecule has 7 heteroatoms. The minimum absolute atomic E-state index is 0.256. The third kappa shape index (κ3) is 2.89. The number of carbonyl (C=O) groups is 4. The number of ketones is 1. The number of rotatable bonds is 6. The zero-order valence-corrected chi connectivity index (χ0v) is 15.9. The summed E-state index contributed by atoms with van der Waals surface area (Å²) in [7, 11) is 1.53. The monoisotopic (exact) mass is 385 g/mol. The summed E-state index contributed by atoms with van der Waals surface area (Å²) < 4.78 is 10.2. The number of ether oxygens (including phenoxy) is 2. The summed E-state index contributed by atoms with van der Waals surface area (Å²) in [5, 5.41) is 0. The molecule has 1 aliphatic heterocycles. The van der Waals surface area contributed by atoms with Gasteiger partial charge in [0.05, 0.1) is 18.9 Å². The van der Waals surface area contributed by atoms with Gasteiger partial charge in [-0.2, -0.15) is 0 Å². The maximum absolute atomic E-state index is 12.8. The second kappa shape index (κ2) is 7.04. The quantitative estimate of drug-likeness (QED) is 0.422. The zero-order valence-electron chi connectivity index (χ0n) is 15.9. The summed E-state index contributed by atoms with van der Waals surface area (Å²) >= 11 is 0. The predicted molar refractivity (Wildman–Crippen MR) is 97.4 cm³/mol. The minimum atomic E-state index is -1.02. The molecule has 148 valence electrons. The van der Waals surface area contributed by atoms with Crippen LogP contribution in [0.1, 0.15) is 36.5 Å². The van der Waals surface area contributed by atoms with Crippen LogP contribution in [0.15, 0.2) is 24.3 Å². The number of hydrogen-bond donors (Lipinski definition) is 0. The number of esters is 1. The van der Waals surface area contributed by atoms with Gasteiger partial charge in [0.1, 0.15) is 11.8 Å². The van der Waals surface area contributed by atoms with E-state index in [2.05, 4.69) is 0 Å². The molecule has 1 aromatic rings. The van der Waals surface area contributed by atoms with E-state index in [1.807, 2.05) is 0 Å². The number of benzene rings is 1. The zero-order chi connectivity index (χ0) is 20.0. The number of likely N-dealkylation sites (tertiary alicyclic amines) is 1. The van der Waals surface area contributed by atoms with Gasteiger partial charge in [-0.05, 0) is 62.3 Å². The molecule has 0 aromatic heterocycles. The van der Waals surface area contributed by atoms with Crippen LogP contribution in [0.3, 0.4) is 0 Å². The molecule has 1 saturated heterocycles. The van der Waals surface area contributed by atoms with E-state index in [1.165, 1.54) is 14.0 Å². The van der Waals surface area contributed by atoms with E-state index in [4.69, 9.17) is 9.47 Å². The number of nitrogens with zero attached hydrogens (tertiary/aromatic N) is 1. The van der Waals surface area contributed by atoms with Crippen molar-refractivity contribution in [2.45, 2.75) is 32.2 Å². The molecule has 3 fully saturated rings. The Bertz CT molecular complexity index is 804. The van der Waals surface area contributed by atoms with Gasteiger partial charge in [0.2, 0.25) is 11.8 Å². The second-order valence-corrected chi connectivity index (χ2v) is 7.87. The third-order valence-corrected chi connectivity index (χ3v) is 6.45. The van der Waals surface area contributed by atoms with E-state index < -0.39 is 18.6 Å². The molecule has 7 nitrogen and oxygen atoms in total. The molecule has 0 spiro atoms. The normalized spacial score (nSPS) is 29.0. The van der Waals surface area contributed by atoms with Gasteiger partial charge in [-0.1, -0.05) is 0 Å². The van der Waals surface area contributed by atoms with E-state index in [0.29, 0.717) is 11.3 Å². The van der Waals surface area contributed by atoms with Crippen LogP contribution >= 0.6 is 0 Å². The lowest BCUT2D eigenvalue weighted by Gasteiger charge is -2.22. The van der Waals surface area contributed by atoms with Crippen LogP contribution in [0.2, 0.25) is 0 Å². The molecule has 2 amide bonds. The number of carbonyl (C=O) groups excluding carboxylic acids is 4. The first kappa shape index (κ1) is 18.7. The highest BCUT2D eigenvalue weighted by atomic mass is 16.5. The molecule has 2 aliphatic carbocycles. The van der Waals surface area contributed by atoms with Crippen molar-refractivity contribution in [3.05, 3.63) is 29.8 Å². The van der Waals surface area contributed by atoms with Crippen molar-refractivity contribution in [2.24, 2.45) is 23.7 Å². The number of imide groups is 1. The van der Waals surface area contributed by atoms with Crippen LogP contribution in [-0.2, 0) is 19.1 Å². The number of fused-ring (bicyclic) bond motifs is 5. The van der Waals surface area contributed by atoms with E-state index in [0.717, 1.165) is 24.2 Å². The number of amides is 2. The van der Waals surface area contributed by atoms with Gasteiger partial charge < -0.3 is 9.47 Å². The molecular formula is C21H23NO6. The molecule has 1 heterocycles. The molecule has 28 heavy (non-hydrogen) atoms. The Morgan fingerprint density at radius 1 is 1.07 bits per heavy atom. The highest BCUT2D eigenvalue weighted by molar-refractivity contribution is 6.08. The molecule has 2 bridgehead atoms. The van der Waals surface area contributed by atoms with Crippen molar-refractivity contribution in [3.8, 4) is 5.75 Å². The lowest BCUT2D eigenvalue weighted by Crippen LogP contribution is -2.45. The largest absolute Gasteiger partial charge is 0.497 e. The van der Waals surface area contributed by atoms with Crippen molar-refractivity contribution in [1.29, 1.82) is 0 Å². The van der Waals surface area contributed by atoms with Crippen molar-refractivity contribution in [2.75, 3.05) is 13.7 Å². The van der Waals surface area contributed by atoms with Crippen molar-refractivity contribution >= 4 is 23.6 Å². The average molecular weight is 385 g/mol. The van der Waals surface area contributed by atoms with Crippen LogP contribution in [-0.4, -0.2) is 48.2 Å². The maximum atomic E-state index is 12.8. The lowest BCUT2D eigenvalue weighted by molar-refractivity contribution is -0.157. The van der Waals surface area contributed by atoms with Crippen molar-refractivity contribution < 1.29 is 28.7 Å². The Hall–Kier alpha value is -2.70. The highest BCUT2D eigenvalue weighted by Crippen LogP contribution is 2.56.